The minimum atomic E-state index is -0.0406. The molecule has 4 saturated carbocycles. The highest BCUT2D eigenvalue weighted by Gasteiger charge is 2.50. The van der Waals surface area contributed by atoms with Gasteiger partial charge in [-0.15, -0.1) is 0 Å². The molecule has 2 aromatic rings. The molecular weight excluding hydrogens is 462 g/mol. The first-order valence-corrected chi connectivity index (χ1v) is 14.1. The molecule has 0 spiro atoms. The van der Waals surface area contributed by atoms with Crippen LogP contribution in [0.1, 0.15) is 67.3 Å². The number of nitrogens with one attached hydrogen (secondary N) is 1. The van der Waals surface area contributed by atoms with E-state index in [1.165, 1.54) is 44.1 Å². The summed E-state index contributed by atoms with van der Waals surface area (Å²) in [6.45, 7) is 2.45. The minimum absolute atomic E-state index is 0.00998. The fourth-order valence-electron chi connectivity index (χ4n) is 7.52. The predicted molar refractivity (Wildman–Crippen MR) is 144 cm³/mol. The number of hydrogen-bond donors (Lipinski definition) is 1. The van der Waals surface area contributed by atoms with E-state index in [1.807, 2.05) is 36.5 Å². The van der Waals surface area contributed by atoms with Crippen LogP contribution in [0.2, 0.25) is 0 Å². The van der Waals surface area contributed by atoms with E-state index in [1.54, 1.807) is 29.4 Å². The maximum atomic E-state index is 13.3. The Kier molecular flexibility index (Phi) is 8.06. The summed E-state index contributed by atoms with van der Waals surface area (Å²) in [6, 6.07) is 7.51. The number of nitrogens with zero attached hydrogens (tertiary/aromatic N) is 4. The minimum Gasteiger partial charge on any atom is -0.340 e. The molecule has 4 fully saturated rings. The largest absolute Gasteiger partial charge is 0.340 e. The molecular formula is C30H41N5O2. The molecule has 198 valence electrons. The summed E-state index contributed by atoms with van der Waals surface area (Å²) >= 11 is 0. The third kappa shape index (κ3) is 6.49. The van der Waals surface area contributed by atoms with Crippen LogP contribution in [0.15, 0.2) is 49.1 Å². The summed E-state index contributed by atoms with van der Waals surface area (Å²) in [5.74, 6) is 2.68. The highest BCUT2D eigenvalue weighted by Crippen LogP contribution is 2.61. The highest BCUT2D eigenvalue weighted by molar-refractivity contribution is 5.93. The van der Waals surface area contributed by atoms with Crippen molar-refractivity contribution in [1.82, 2.24) is 25.1 Å². The summed E-state index contributed by atoms with van der Waals surface area (Å²) < 4.78 is 0. The van der Waals surface area contributed by atoms with Crippen molar-refractivity contribution in [3.05, 3.63) is 60.2 Å². The van der Waals surface area contributed by atoms with Crippen LogP contribution in [-0.2, 0) is 6.42 Å². The van der Waals surface area contributed by atoms with Gasteiger partial charge in [-0.3, -0.25) is 14.8 Å². The van der Waals surface area contributed by atoms with Gasteiger partial charge in [0.15, 0.2) is 0 Å². The number of aryl methyl sites for hydroxylation is 1. The van der Waals surface area contributed by atoms with Gasteiger partial charge in [-0.05, 0) is 111 Å². The van der Waals surface area contributed by atoms with E-state index in [0.29, 0.717) is 30.6 Å². The smallest absolute Gasteiger partial charge is 0.317 e. The van der Waals surface area contributed by atoms with E-state index in [-0.39, 0.29) is 11.9 Å². The van der Waals surface area contributed by atoms with Gasteiger partial charge in [0.2, 0.25) is 0 Å². The Morgan fingerprint density at radius 3 is 2.11 bits per heavy atom. The Bertz CT molecular complexity index is 1010. The molecule has 0 unspecified atom stereocenters. The number of carbonyl (C=O) groups is 2. The number of likely N-dealkylation sites (N-methyl/N-ethyl adjacent to an activating group) is 1. The molecule has 3 amide bonds. The van der Waals surface area contributed by atoms with Crippen LogP contribution in [0.5, 0.6) is 0 Å². The zero-order chi connectivity index (χ0) is 25.7. The molecule has 0 atom stereocenters. The lowest BCUT2D eigenvalue weighted by Gasteiger charge is -2.57. The normalized spacial score (nSPS) is 25.6. The van der Waals surface area contributed by atoms with Crippen molar-refractivity contribution in [2.45, 2.75) is 57.8 Å². The quantitative estimate of drug-likeness (QED) is 0.447. The molecule has 2 heterocycles. The SMILES string of the molecule is CN(CCN(CCC12CC3CC(CC(C3)C1)C2)C(=O)NCCCc1ccncc1)C(=O)c1ccncc1. The number of aromatic nitrogens is 2. The molecule has 4 bridgehead atoms. The van der Waals surface area contributed by atoms with Gasteiger partial charge in [-0.2, -0.15) is 0 Å². The van der Waals surface area contributed by atoms with Crippen molar-refractivity contribution >= 4 is 11.9 Å². The van der Waals surface area contributed by atoms with Crippen LogP contribution in [0.25, 0.3) is 0 Å². The van der Waals surface area contributed by atoms with Crippen LogP contribution in [0, 0.1) is 23.2 Å². The maximum absolute atomic E-state index is 13.3. The van der Waals surface area contributed by atoms with E-state index >= 15 is 0 Å². The summed E-state index contributed by atoms with van der Waals surface area (Å²) in [6.07, 6.45) is 18.1. The molecule has 1 N–H and O–H groups in total. The van der Waals surface area contributed by atoms with Gasteiger partial charge in [-0.1, -0.05) is 0 Å². The zero-order valence-corrected chi connectivity index (χ0v) is 22.1. The van der Waals surface area contributed by atoms with Crippen LogP contribution in [-0.4, -0.2) is 64.9 Å². The second-order valence-corrected chi connectivity index (χ2v) is 11.8. The van der Waals surface area contributed by atoms with Crippen molar-refractivity contribution in [3.8, 4) is 0 Å². The first-order valence-electron chi connectivity index (χ1n) is 14.1. The first kappa shape index (κ1) is 25.7. The number of pyridine rings is 2. The van der Waals surface area contributed by atoms with Gasteiger partial charge in [0, 0.05) is 63.6 Å². The summed E-state index contributed by atoms with van der Waals surface area (Å²) in [5.41, 5.74) is 2.28. The molecule has 6 rings (SSSR count). The Morgan fingerprint density at radius 1 is 0.892 bits per heavy atom. The van der Waals surface area contributed by atoms with Gasteiger partial charge in [0.25, 0.3) is 5.91 Å². The third-order valence-corrected chi connectivity index (χ3v) is 9.01. The topological polar surface area (TPSA) is 78.4 Å². The number of rotatable bonds is 11. The van der Waals surface area contributed by atoms with E-state index in [0.717, 1.165) is 43.6 Å². The summed E-state index contributed by atoms with van der Waals surface area (Å²) in [4.78, 5) is 37.9. The van der Waals surface area contributed by atoms with Gasteiger partial charge < -0.3 is 15.1 Å². The predicted octanol–water partition coefficient (Wildman–Crippen LogP) is 4.80. The molecule has 0 saturated heterocycles. The number of hydrogen-bond acceptors (Lipinski definition) is 4. The monoisotopic (exact) mass is 503 g/mol. The second-order valence-electron chi connectivity index (χ2n) is 11.8. The second kappa shape index (κ2) is 11.6. The first-order chi connectivity index (χ1) is 18.0. The van der Waals surface area contributed by atoms with Crippen LogP contribution in [0.3, 0.4) is 0 Å². The molecule has 2 aromatic heterocycles. The fourth-order valence-corrected chi connectivity index (χ4v) is 7.52. The van der Waals surface area contributed by atoms with Crippen molar-refractivity contribution < 1.29 is 9.59 Å². The van der Waals surface area contributed by atoms with Gasteiger partial charge in [0.05, 0.1) is 0 Å². The lowest BCUT2D eigenvalue weighted by atomic mass is 9.49. The Balaban J connectivity index is 1.17. The standard InChI is InChI=1S/C30H41N5O2/c1-34(28(36)27-6-12-32-13-7-27)15-16-35(29(37)33-9-2-3-23-4-10-31-11-5-23)14-8-30-20-24-17-25(21-30)19-26(18-24)22-30/h4-7,10-13,24-26H,2-3,8-9,14-22H2,1H3,(H,33,37). The third-order valence-electron chi connectivity index (χ3n) is 9.01. The summed E-state index contributed by atoms with van der Waals surface area (Å²) in [5, 5.41) is 3.16. The Labute approximate surface area is 221 Å². The molecule has 37 heavy (non-hydrogen) atoms. The fraction of sp³-hybridized carbons (Fsp3) is 0.600. The molecule has 4 aliphatic carbocycles. The summed E-state index contributed by atoms with van der Waals surface area (Å²) in [7, 11) is 1.81. The Morgan fingerprint density at radius 2 is 1.49 bits per heavy atom. The van der Waals surface area contributed by atoms with Crippen molar-refractivity contribution in [1.29, 1.82) is 0 Å². The van der Waals surface area contributed by atoms with Gasteiger partial charge in [-0.25, -0.2) is 4.79 Å². The molecule has 7 heteroatoms. The van der Waals surface area contributed by atoms with Crippen molar-refractivity contribution in [2.24, 2.45) is 23.2 Å². The average Bonchev–Trinajstić information content (AvgIpc) is 2.90. The number of carbonyl (C=O) groups excluding carboxylic acids is 2. The number of urea groups is 1. The van der Waals surface area contributed by atoms with Crippen LogP contribution in [0.4, 0.5) is 4.79 Å². The molecule has 0 aliphatic heterocycles. The molecule has 4 aliphatic rings. The maximum Gasteiger partial charge on any atom is 0.317 e. The Hall–Kier alpha value is -2.96. The highest BCUT2D eigenvalue weighted by atomic mass is 16.2. The average molecular weight is 504 g/mol. The van der Waals surface area contributed by atoms with E-state index in [9.17, 15) is 9.59 Å². The number of amides is 3. The molecule has 0 radical (unpaired) electrons. The van der Waals surface area contributed by atoms with Crippen LogP contribution < -0.4 is 5.32 Å². The van der Waals surface area contributed by atoms with Gasteiger partial charge >= 0.3 is 6.03 Å². The molecule has 0 aromatic carbocycles. The van der Waals surface area contributed by atoms with Crippen molar-refractivity contribution in [3.63, 3.8) is 0 Å². The lowest BCUT2D eigenvalue weighted by Crippen LogP contribution is -2.49. The van der Waals surface area contributed by atoms with E-state index < -0.39 is 0 Å². The van der Waals surface area contributed by atoms with Crippen LogP contribution >= 0.6 is 0 Å². The van der Waals surface area contributed by atoms with Gasteiger partial charge in [0.1, 0.15) is 0 Å². The van der Waals surface area contributed by atoms with Crippen molar-refractivity contribution in [2.75, 3.05) is 33.2 Å². The lowest BCUT2D eigenvalue weighted by molar-refractivity contribution is -0.0597. The van der Waals surface area contributed by atoms with E-state index in [2.05, 4.69) is 15.3 Å². The zero-order valence-electron chi connectivity index (χ0n) is 22.1. The molecule has 7 nitrogen and oxygen atoms in total. The van der Waals surface area contributed by atoms with E-state index in [4.69, 9.17) is 0 Å².